The van der Waals surface area contributed by atoms with Gasteiger partial charge in [0.15, 0.2) is 5.82 Å². The van der Waals surface area contributed by atoms with Crippen LogP contribution in [0.5, 0.6) is 5.88 Å². The highest BCUT2D eigenvalue weighted by atomic mass is 32.2. The predicted molar refractivity (Wildman–Crippen MR) is 101 cm³/mol. The molecule has 1 unspecified atom stereocenters. The molecule has 0 spiro atoms. The summed E-state index contributed by atoms with van der Waals surface area (Å²) in [7, 11) is -1.26. The molecule has 2 aromatic rings. The molecule has 1 aromatic carbocycles. The standard InChI is InChI=1S/C18H20F2N4O4S/c1-23(2)15-9-21-10-16(22-15)28-12-7-8-24(11-12)17(25)13-5-3-4-6-14(13)29(26,27)18(19)20/h3-6,9-10,12,18H,7-8,11H2,1-2H3. The Morgan fingerprint density at radius 3 is 2.69 bits per heavy atom. The number of nitrogens with zero attached hydrogens (tertiary/aromatic N) is 4. The van der Waals surface area contributed by atoms with Crippen LogP contribution < -0.4 is 9.64 Å². The Morgan fingerprint density at radius 1 is 1.28 bits per heavy atom. The summed E-state index contributed by atoms with van der Waals surface area (Å²) in [6, 6.07) is 4.99. The number of hydrogen-bond donors (Lipinski definition) is 0. The molecule has 1 amide bonds. The number of ether oxygens (including phenoxy) is 1. The van der Waals surface area contributed by atoms with Gasteiger partial charge in [-0.3, -0.25) is 9.78 Å². The SMILES string of the molecule is CN(C)c1cncc(OC2CCN(C(=O)c3ccccc3S(=O)(=O)C(F)F)C2)n1. The first-order valence-electron chi connectivity index (χ1n) is 8.76. The lowest BCUT2D eigenvalue weighted by molar-refractivity contribution is 0.0767. The molecule has 8 nitrogen and oxygen atoms in total. The number of carbonyl (C=O) groups is 1. The van der Waals surface area contributed by atoms with Crippen LogP contribution in [0.1, 0.15) is 16.8 Å². The van der Waals surface area contributed by atoms with E-state index in [9.17, 15) is 22.0 Å². The van der Waals surface area contributed by atoms with E-state index in [1.54, 1.807) is 11.1 Å². The van der Waals surface area contributed by atoms with E-state index in [0.29, 0.717) is 24.7 Å². The monoisotopic (exact) mass is 426 g/mol. The summed E-state index contributed by atoms with van der Waals surface area (Å²) < 4.78 is 55.5. The second kappa shape index (κ2) is 8.27. The highest BCUT2D eigenvalue weighted by Crippen LogP contribution is 2.25. The number of rotatable bonds is 6. The molecule has 1 saturated heterocycles. The van der Waals surface area contributed by atoms with E-state index in [-0.39, 0.29) is 18.2 Å². The summed E-state index contributed by atoms with van der Waals surface area (Å²) in [4.78, 5) is 23.6. The Bertz CT molecular complexity index is 1000. The summed E-state index contributed by atoms with van der Waals surface area (Å²) >= 11 is 0. The zero-order valence-corrected chi connectivity index (χ0v) is 16.6. The van der Waals surface area contributed by atoms with Crippen LogP contribution in [0, 0.1) is 0 Å². The van der Waals surface area contributed by atoms with Gasteiger partial charge in [-0.25, -0.2) is 8.42 Å². The maximum Gasteiger partial charge on any atom is 0.341 e. The summed E-state index contributed by atoms with van der Waals surface area (Å²) in [6.45, 7) is 0.475. The van der Waals surface area contributed by atoms with Gasteiger partial charge in [0.1, 0.15) is 6.10 Å². The van der Waals surface area contributed by atoms with Crippen LogP contribution in [-0.2, 0) is 9.84 Å². The lowest BCUT2D eigenvalue weighted by Crippen LogP contribution is -2.32. The Hall–Kier alpha value is -2.82. The van der Waals surface area contributed by atoms with Gasteiger partial charge in [0.25, 0.3) is 5.91 Å². The second-order valence-electron chi connectivity index (χ2n) is 6.69. The number of aromatic nitrogens is 2. The molecule has 1 aromatic heterocycles. The predicted octanol–water partition coefficient (Wildman–Crippen LogP) is 1.83. The third-order valence-electron chi connectivity index (χ3n) is 4.44. The molecule has 1 fully saturated rings. The van der Waals surface area contributed by atoms with E-state index in [2.05, 4.69) is 9.97 Å². The van der Waals surface area contributed by atoms with Gasteiger partial charge in [-0.05, 0) is 12.1 Å². The summed E-state index contributed by atoms with van der Waals surface area (Å²) in [6.07, 6.45) is 3.16. The largest absolute Gasteiger partial charge is 0.471 e. The third kappa shape index (κ3) is 4.44. The Morgan fingerprint density at radius 2 is 2.00 bits per heavy atom. The molecule has 11 heteroatoms. The second-order valence-corrected chi connectivity index (χ2v) is 8.58. The van der Waals surface area contributed by atoms with Crippen molar-refractivity contribution in [1.82, 2.24) is 14.9 Å². The van der Waals surface area contributed by atoms with Crippen molar-refractivity contribution in [2.45, 2.75) is 23.2 Å². The highest BCUT2D eigenvalue weighted by molar-refractivity contribution is 7.91. The first-order chi connectivity index (χ1) is 13.7. The van der Waals surface area contributed by atoms with E-state index >= 15 is 0 Å². The number of hydrogen-bond acceptors (Lipinski definition) is 7. The number of sulfone groups is 1. The van der Waals surface area contributed by atoms with Gasteiger partial charge in [-0.15, -0.1) is 0 Å². The number of halogens is 2. The number of amides is 1. The van der Waals surface area contributed by atoms with Crippen molar-refractivity contribution in [3.05, 3.63) is 42.2 Å². The molecule has 0 N–H and O–H groups in total. The molecule has 3 rings (SSSR count). The molecule has 1 aliphatic rings. The van der Waals surface area contributed by atoms with Crippen LogP contribution in [0.4, 0.5) is 14.6 Å². The molecule has 156 valence electrons. The van der Waals surface area contributed by atoms with Gasteiger partial charge < -0.3 is 14.5 Å². The molecule has 0 aliphatic carbocycles. The minimum absolute atomic E-state index is 0.176. The molecular weight excluding hydrogens is 406 g/mol. The lowest BCUT2D eigenvalue weighted by Gasteiger charge is -2.19. The van der Waals surface area contributed by atoms with Gasteiger partial charge >= 0.3 is 5.76 Å². The zero-order valence-electron chi connectivity index (χ0n) is 15.8. The third-order valence-corrected chi connectivity index (χ3v) is 5.87. The van der Waals surface area contributed by atoms with Crippen molar-refractivity contribution >= 4 is 21.6 Å². The summed E-state index contributed by atoms with van der Waals surface area (Å²) in [5.74, 6) is -3.33. The van der Waals surface area contributed by atoms with Crippen LogP contribution in [0.2, 0.25) is 0 Å². The van der Waals surface area contributed by atoms with Crippen LogP contribution in [0.3, 0.4) is 0 Å². The van der Waals surface area contributed by atoms with Gasteiger partial charge in [0, 0.05) is 27.1 Å². The molecule has 1 atom stereocenters. The zero-order chi connectivity index (χ0) is 21.2. The number of anilines is 1. The molecule has 0 bridgehead atoms. The van der Waals surface area contributed by atoms with Crippen LogP contribution >= 0.6 is 0 Å². The summed E-state index contributed by atoms with van der Waals surface area (Å²) in [5.41, 5.74) is -0.275. The van der Waals surface area contributed by atoms with Crippen molar-refractivity contribution in [2.24, 2.45) is 0 Å². The minimum Gasteiger partial charge on any atom is -0.471 e. The molecule has 0 saturated carbocycles. The molecule has 2 heterocycles. The van der Waals surface area contributed by atoms with Crippen molar-refractivity contribution in [1.29, 1.82) is 0 Å². The normalized spacial score (nSPS) is 16.9. The fraction of sp³-hybridized carbons (Fsp3) is 0.389. The summed E-state index contributed by atoms with van der Waals surface area (Å²) in [5, 5.41) is 0. The van der Waals surface area contributed by atoms with Gasteiger partial charge in [0.05, 0.1) is 29.4 Å². The molecular formula is C18H20F2N4O4S. The van der Waals surface area contributed by atoms with Gasteiger partial charge in [0.2, 0.25) is 15.7 Å². The highest BCUT2D eigenvalue weighted by Gasteiger charge is 2.34. The molecule has 29 heavy (non-hydrogen) atoms. The first-order valence-corrected chi connectivity index (χ1v) is 10.3. The fourth-order valence-corrected chi connectivity index (χ4v) is 3.87. The quantitative estimate of drug-likeness (QED) is 0.696. The molecule has 1 aliphatic heterocycles. The molecule has 0 radical (unpaired) electrons. The van der Waals surface area contributed by atoms with Crippen molar-refractivity contribution in [3.8, 4) is 5.88 Å². The van der Waals surface area contributed by atoms with E-state index in [0.717, 1.165) is 6.07 Å². The van der Waals surface area contributed by atoms with Crippen LogP contribution in [-0.4, -0.2) is 68.2 Å². The van der Waals surface area contributed by atoms with Crippen molar-refractivity contribution < 1.29 is 26.7 Å². The number of alkyl halides is 2. The maximum atomic E-state index is 13.0. The maximum absolute atomic E-state index is 13.0. The lowest BCUT2D eigenvalue weighted by atomic mass is 10.2. The Kier molecular flexibility index (Phi) is 5.96. The number of likely N-dealkylation sites (tertiary alicyclic amines) is 1. The minimum atomic E-state index is -4.89. The van der Waals surface area contributed by atoms with E-state index in [1.807, 2.05) is 14.1 Å². The van der Waals surface area contributed by atoms with E-state index in [4.69, 9.17) is 4.74 Å². The smallest absolute Gasteiger partial charge is 0.341 e. The van der Waals surface area contributed by atoms with Gasteiger partial charge in [-0.1, -0.05) is 12.1 Å². The van der Waals surface area contributed by atoms with Crippen molar-refractivity contribution in [3.63, 3.8) is 0 Å². The Labute approximate surface area is 167 Å². The van der Waals surface area contributed by atoms with E-state index < -0.39 is 26.4 Å². The topological polar surface area (TPSA) is 92.7 Å². The van der Waals surface area contributed by atoms with Crippen LogP contribution in [0.25, 0.3) is 0 Å². The first kappa shape index (κ1) is 20.9. The van der Waals surface area contributed by atoms with Crippen molar-refractivity contribution in [2.75, 3.05) is 32.1 Å². The number of carbonyl (C=O) groups excluding carboxylic acids is 1. The fourth-order valence-electron chi connectivity index (χ4n) is 2.95. The Balaban J connectivity index is 1.74. The van der Waals surface area contributed by atoms with Gasteiger partial charge in [-0.2, -0.15) is 13.8 Å². The number of benzene rings is 1. The van der Waals surface area contributed by atoms with Crippen LogP contribution in [0.15, 0.2) is 41.6 Å². The van der Waals surface area contributed by atoms with E-state index in [1.165, 1.54) is 29.3 Å². The average molecular weight is 426 g/mol. The average Bonchev–Trinajstić information content (AvgIpc) is 3.16.